The van der Waals surface area contributed by atoms with Crippen LogP contribution < -0.4 is 4.74 Å². The van der Waals surface area contributed by atoms with Gasteiger partial charge in [0.1, 0.15) is 18.1 Å². The second-order valence-electron chi connectivity index (χ2n) is 8.09. The van der Waals surface area contributed by atoms with Gasteiger partial charge >= 0.3 is 0 Å². The lowest BCUT2D eigenvalue weighted by Gasteiger charge is -2.18. The standard InChI is InChI=1S/C27H29NO2/c1-28(2)17-18-30-24-15-16-26-22(19-24)9-6-10-25(20-7-4-3-5-8-20)27(26)21-11-13-23(29)14-12-21/h3-5,7-8,11-16,19,29H,6,9-10,17-18H2,1-2H3. The molecule has 0 amide bonds. The average molecular weight is 400 g/mol. The predicted octanol–water partition coefficient (Wildman–Crippen LogP) is 5.63. The van der Waals surface area contributed by atoms with Crippen LogP contribution in [0.15, 0.2) is 72.8 Å². The highest BCUT2D eigenvalue weighted by Gasteiger charge is 2.20. The Morgan fingerprint density at radius 3 is 2.37 bits per heavy atom. The quantitative estimate of drug-likeness (QED) is 0.583. The van der Waals surface area contributed by atoms with Crippen LogP contribution in [-0.4, -0.2) is 37.3 Å². The maximum Gasteiger partial charge on any atom is 0.119 e. The zero-order valence-electron chi connectivity index (χ0n) is 17.8. The summed E-state index contributed by atoms with van der Waals surface area (Å²) in [6.07, 6.45) is 3.14. The van der Waals surface area contributed by atoms with Crippen molar-refractivity contribution in [3.05, 3.63) is 95.1 Å². The summed E-state index contributed by atoms with van der Waals surface area (Å²) < 4.78 is 6.00. The van der Waals surface area contributed by atoms with Crippen molar-refractivity contribution in [1.29, 1.82) is 0 Å². The van der Waals surface area contributed by atoms with Crippen molar-refractivity contribution in [1.82, 2.24) is 4.90 Å². The number of ether oxygens (including phenoxy) is 1. The van der Waals surface area contributed by atoms with E-state index in [1.807, 2.05) is 12.1 Å². The molecule has 3 nitrogen and oxygen atoms in total. The summed E-state index contributed by atoms with van der Waals surface area (Å²) in [6.45, 7) is 1.58. The molecule has 4 rings (SSSR count). The molecule has 0 atom stereocenters. The molecule has 3 aromatic rings. The lowest BCUT2D eigenvalue weighted by molar-refractivity contribution is 0.261. The van der Waals surface area contributed by atoms with Gasteiger partial charge in [0.15, 0.2) is 0 Å². The van der Waals surface area contributed by atoms with Gasteiger partial charge in [-0.3, -0.25) is 0 Å². The first-order valence-electron chi connectivity index (χ1n) is 10.6. The van der Waals surface area contributed by atoms with E-state index in [1.54, 1.807) is 12.1 Å². The molecule has 3 aromatic carbocycles. The average Bonchev–Trinajstić information content (AvgIpc) is 2.94. The second kappa shape index (κ2) is 9.19. The van der Waals surface area contributed by atoms with E-state index in [4.69, 9.17) is 4.74 Å². The largest absolute Gasteiger partial charge is 0.508 e. The molecule has 0 saturated carbocycles. The van der Waals surface area contributed by atoms with Crippen LogP contribution in [0, 0.1) is 0 Å². The summed E-state index contributed by atoms with van der Waals surface area (Å²) in [7, 11) is 4.11. The van der Waals surface area contributed by atoms with Gasteiger partial charge in [0, 0.05) is 6.54 Å². The van der Waals surface area contributed by atoms with Gasteiger partial charge in [0.2, 0.25) is 0 Å². The van der Waals surface area contributed by atoms with Gasteiger partial charge in [0.25, 0.3) is 0 Å². The number of aromatic hydroxyl groups is 1. The fourth-order valence-electron chi connectivity index (χ4n) is 4.09. The Labute approximate surface area is 179 Å². The number of likely N-dealkylation sites (N-methyl/N-ethyl adjacent to an activating group) is 1. The van der Waals surface area contributed by atoms with Gasteiger partial charge in [-0.2, -0.15) is 0 Å². The molecule has 0 radical (unpaired) electrons. The Balaban J connectivity index is 1.80. The SMILES string of the molecule is CN(C)CCOc1ccc2c(c1)CCCC(c1ccccc1)=C2c1ccc(O)cc1. The van der Waals surface area contributed by atoms with E-state index in [1.165, 1.54) is 27.8 Å². The second-order valence-corrected chi connectivity index (χ2v) is 8.09. The molecule has 0 spiro atoms. The first-order chi connectivity index (χ1) is 14.6. The summed E-state index contributed by atoms with van der Waals surface area (Å²) in [5, 5.41) is 9.81. The monoisotopic (exact) mass is 399 g/mol. The summed E-state index contributed by atoms with van der Waals surface area (Å²) >= 11 is 0. The Morgan fingerprint density at radius 1 is 0.867 bits per heavy atom. The van der Waals surface area contributed by atoms with E-state index >= 15 is 0 Å². The maximum atomic E-state index is 9.81. The fourth-order valence-corrected chi connectivity index (χ4v) is 4.09. The van der Waals surface area contributed by atoms with Crippen molar-refractivity contribution in [2.75, 3.05) is 27.2 Å². The first kappa shape index (κ1) is 20.2. The molecular weight excluding hydrogens is 370 g/mol. The topological polar surface area (TPSA) is 32.7 Å². The number of benzene rings is 3. The maximum absolute atomic E-state index is 9.81. The molecule has 0 fully saturated rings. The van der Waals surface area contributed by atoms with Gasteiger partial charge in [-0.15, -0.1) is 0 Å². The van der Waals surface area contributed by atoms with Gasteiger partial charge < -0.3 is 14.7 Å². The minimum atomic E-state index is 0.291. The Kier molecular flexibility index (Phi) is 6.20. The fraction of sp³-hybridized carbons (Fsp3) is 0.259. The summed E-state index contributed by atoms with van der Waals surface area (Å²) in [5.74, 6) is 1.22. The lowest BCUT2D eigenvalue weighted by atomic mass is 9.88. The summed E-state index contributed by atoms with van der Waals surface area (Å²) in [5.41, 5.74) is 7.61. The van der Waals surface area contributed by atoms with Crippen molar-refractivity contribution in [2.24, 2.45) is 0 Å². The number of aryl methyl sites for hydroxylation is 1. The minimum Gasteiger partial charge on any atom is -0.508 e. The highest BCUT2D eigenvalue weighted by molar-refractivity contribution is 6.00. The Bertz CT molecular complexity index is 1020. The van der Waals surface area contributed by atoms with Gasteiger partial charge in [-0.1, -0.05) is 48.5 Å². The zero-order valence-corrected chi connectivity index (χ0v) is 17.8. The van der Waals surface area contributed by atoms with Crippen LogP contribution in [-0.2, 0) is 6.42 Å². The third-order valence-corrected chi connectivity index (χ3v) is 5.61. The number of hydrogen-bond acceptors (Lipinski definition) is 3. The van der Waals surface area contributed by atoms with E-state index in [0.717, 1.165) is 37.1 Å². The van der Waals surface area contributed by atoms with Crippen molar-refractivity contribution in [3.8, 4) is 11.5 Å². The van der Waals surface area contributed by atoms with E-state index in [2.05, 4.69) is 67.5 Å². The van der Waals surface area contributed by atoms with E-state index in [0.29, 0.717) is 12.4 Å². The Morgan fingerprint density at radius 2 is 1.63 bits per heavy atom. The summed E-state index contributed by atoms with van der Waals surface area (Å²) in [6, 6.07) is 24.7. The van der Waals surface area contributed by atoms with Crippen LogP contribution in [0.2, 0.25) is 0 Å². The van der Waals surface area contributed by atoms with Gasteiger partial charge in [-0.05, 0) is 91.0 Å². The van der Waals surface area contributed by atoms with E-state index < -0.39 is 0 Å². The molecule has 0 aromatic heterocycles. The molecule has 0 heterocycles. The van der Waals surface area contributed by atoms with Crippen LogP contribution in [0.3, 0.4) is 0 Å². The minimum absolute atomic E-state index is 0.291. The number of phenolic OH excluding ortho intramolecular Hbond substituents is 1. The number of allylic oxidation sites excluding steroid dienone is 1. The van der Waals surface area contributed by atoms with Gasteiger partial charge in [-0.25, -0.2) is 0 Å². The molecule has 0 bridgehead atoms. The molecular formula is C27H29NO2. The third kappa shape index (κ3) is 4.58. The number of rotatable bonds is 6. The van der Waals surface area contributed by atoms with Gasteiger partial charge in [0.05, 0.1) is 0 Å². The molecule has 0 aliphatic heterocycles. The predicted molar refractivity (Wildman–Crippen MR) is 124 cm³/mol. The first-order valence-corrected chi connectivity index (χ1v) is 10.6. The molecule has 1 N–H and O–H groups in total. The number of fused-ring (bicyclic) bond motifs is 1. The highest BCUT2D eigenvalue weighted by Crippen LogP contribution is 2.41. The van der Waals surface area contributed by atoms with E-state index in [9.17, 15) is 5.11 Å². The van der Waals surface area contributed by atoms with Crippen molar-refractivity contribution in [3.63, 3.8) is 0 Å². The van der Waals surface area contributed by atoms with E-state index in [-0.39, 0.29) is 0 Å². The van der Waals surface area contributed by atoms with Crippen LogP contribution in [0.5, 0.6) is 11.5 Å². The zero-order chi connectivity index (χ0) is 20.9. The lowest BCUT2D eigenvalue weighted by Crippen LogP contribution is -2.19. The molecule has 0 saturated heterocycles. The summed E-state index contributed by atoms with van der Waals surface area (Å²) in [4.78, 5) is 2.13. The smallest absolute Gasteiger partial charge is 0.119 e. The van der Waals surface area contributed by atoms with Crippen LogP contribution in [0.1, 0.15) is 35.1 Å². The highest BCUT2D eigenvalue weighted by atomic mass is 16.5. The molecule has 154 valence electrons. The van der Waals surface area contributed by atoms with Crippen LogP contribution in [0.25, 0.3) is 11.1 Å². The number of hydrogen-bond donors (Lipinski definition) is 1. The number of phenols is 1. The molecule has 3 heteroatoms. The molecule has 0 unspecified atom stereocenters. The number of nitrogens with zero attached hydrogens (tertiary/aromatic N) is 1. The molecule has 1 aliphatic carbocycles. The molecule has 30 heavy (non-hydrogen) atoms. The Hall–Kier alpha value is -3.04. The molecule has 1 aliphatic rings. The van der Waals surface area contributed by atoms with Crippen molar-refractivity contribution >= 4 is 11.1 Å². The van der Waals surface area contributed by atoms with Crippen molar-refractivity contribution < 1.29 is 9.84 Å². The third-order valence-electron chi connectivity index (χ3n) is 5.61. The van der Waals surface area contributed by atoms with Crippen LogP contribution in [0.4, 0.5) is 0 Å². The van der Waals surface area contributed by atoms with Crippen molar-refractivity contribution in [2.45, 2.75) is 19.3 Å². The van der Waals surface area contributed by atoms with Crippen LogP contribution >= 0.6 is 0 Å². The normalized spacial score (nSPS) is 13.8.